The molecule has 21 heavy (non-hydrogen) atoms. The Balaban J connectivity index is 1.81. The molecule has 2 N–H and O–H groups in total. The van der Waals surface area contributed by atoms with Crippen molar-refractivity contribution in [3.8, 4) is 5.75 Å². The molecule has 0 heterocycles. The minimum absolute atomic E-state index is 0.206. The number of nitrogens with one attached hydrogen (secondary N) is 1. The van der Waals surface area contributed by atoms with Crippen LogP contribution in [0.15, 0.2) is 42.5 Å². The highest BCUT2D eigenvalue weighted by molar-refractivity contribution is 5.46. The molecule has 3 nitrogen and oxygen atoms in total. The summed E-state index contributed by atoms with van der Waals surface area (Å²) in [5.41, 5.74) is 2.39. The summed E-state index contributed by atoms with van der Waals surface area (Å²) in [4.78, 5) is 0. The zero-order valence-corrected chi connectivity index (χ0v) is 12.3. The number of anilines is 1. The Labute approximate surface area is 124 Å². The summed E-state index contributed by atoms with van der Waals surface area (Å²) in [5.74, 6) is 0.540. The fourth-order valence-electron chi connectivity index (χ4n) is 1.95. The molecule has 0 fully saturated rings. The van der Waals surface area contributed by atoms with E-state index < -0.39 is 6.10 Å². The van der Waals surface area contributed by atoms with Gasteiger partial charge in [-0.25, -0.2) is 4.39 Å². The molecule has 0 bridgehead atoms. The van der Waals surface area contributed by atoms with Crippen molar-refractivity contribution >= 4 is 5.69 Å². The number of aliphatic hydroxyl groups excluding tert-OH is 1. The van der Waals surface area contributed by atoms with Crippen LogP contribution in [-0.4, -0.2) is 24.4 Å². The van der Waals surface area contributed by atoms with Gasteiger partial charge in [0.25, 0.3) is 0 Å². The Bertz CT molecular complexity index is 601. The molecule has 0 spiro atoms. The second-order valence-corrected chi connectivity index (χ2v) is 5.08. The molecule has 2 aromatic carbocycles. The molecular formula is C17H20FNO2. The van der Waals surface area contributed by atoms with Gasteiger partial charge in [0.2, 0.25) is 0 Å². The van der Waals surface area contributed by atoms with Gasteiger partial charge in [0.1, 0.15) is 24.3 Å². The highest BCUT2D eigenvalue weighted by Crippen LogP contribution is 2.17. The van der Waals surface area contributed by atoms with E-state index in [1.165, 1.54) is 6.07 Å². The van der Waals surface area contributed by atoms with Gasteiger partial charge in [-0.15, -0.1) is 0 Å². The number of ether oxygens (including phenoxy) is 1. The van der Waals surface area contributed by atoms with Crippen molar-refractivity contribution in [3.05, 3.63) is 59.4 Å². The maximum atomic E-state index is 13.1. The number of para-hydroxylation sites is 1. The highest BCUT2D eigenvalue weighted by Gasteiger charge is 2.07. The van der Waals surface area contributed by atoms with Gasteiger partial charge in [0, 0.05) is 12.2 Å². The molecule has 2 aromatic rings. The van der Waals surface area contributed by atoms with Crippen LogP contribution in [-0.2, 0) is 0 Å². The van der Waals surface area contributed by atoms with Gasteiger partial charge in [0.15, 0.2) is 0 Å². The van der Waals surface area contributed by atoms with E-state index in [0.29, 0.717) is 12.1 Å². The second kappa shape index (κ2) is 7.09. The Morgan fingerprint density at radius 1 is 1.14 bits per heavy atom. The molecule has 0 saturated carbocycles. The standard InChI is InChI=1S/C17H20FNO2/c1-12-5-3-4-6-17(12)21-11-15(20)10-19-14-7-8-16(18)13(2)9-14/h3-9,15,19-20H,10-11H2,1-2H3. The number of aryl methyl sites for hydroxylation is 2. The van der Waals surface area contributed by atoms with Crippen molar-refractivity contribution in [1.29, 1.82) is 0 Å². The van der Waals surface area contributed by atoms with Crippen LogP contribution in [0.1, 0.15) is 11.1 Å². The smallest absolute Gasteiger partial charge is 0.126 e. The Hall–Kier alpha value is -2.07. The van der Waals surface area contributed by atoms with Crippen molar-refractivity contribution in [2.75, 3.05) is 18.5 Å². The number of hydrogen-bond acceptors (Lipinski definition) is 3. The number of aliphatic hydroxyl groups is 1. The topological polar surface area (TPSA) is 41.5 Å². The molecular weight excluding hydrogens is 269 g/mol. The molecule has 0 radical (unpaired) electrons. The average Bonchev–Trinajstić information content (AvgIpc) is 2.47. The molecule has 0 amide bonds. The van der Waals surface area contributed by atoms with E-state index in [2.05, 4.69) is 5.32 Å². The van der Waals surface area contributed by atoms with Crippen molar-refractivity contribution in [3.63, 3.8) is 0 Å². The summed E-state index contributed by atoms with van der Waals surface area (Å²) in [6.45, 7) is 4.22. The first kappa shape index (κ1) is 15.3. The monoisotopic (exact) mass is 289 g/mol. The van der Waals surface area contributed by atoms with E-state index in [1.807, 2.05) is 31.2 Å². The largest absolute Gasteiger partial charge is 0.491 e. The third kappa shape index (κ3) is 4.46. The average molecular weight is 289 g/mol. The third-order valence-corrected chi connectivity index (χ3v) is 3.22. The molecule has 112 valence electrons. The Morgan fingerprint density at radius 2 is 1.90 bits per heavy atom. The molecule has 1 unspecified atom stereocenters. The van der Waals surface area contributed by atoms with Gasteiger partial charge in [-0.3, -0.25) is 0 Å². The summed E-state index contributed by atoms with van der Waals surface area (Å²) in [6.07, 6.45) is -0.644. The predicted molar refractivity (Wildman–Crippen MR) is 82.3 cm³/mol. The lowest BCUT2D eigenvalue weighted by molar-refractivity contribution is 0.117. The van der Waals surface area contributed by atoms with Gasteiger partial charge in [0.05, 0.1) is 0 Å². The third-order valence-electron chi connectivity index (χ3n) is 3.22. The van der Waals surface area contributed by atoms with E-state index in [1.54, 1.807) is 19.1 Å². The first-order chi connectivity index (χ1) is 10.1. The molecule has 0 aliphatic heterocycles. The maximum absolute atomic E-state index is 13.1. The van der Waals surface area contributed by atoms with Crippen LogP contribution >= 0.6 is 0 Å². The summed E-state index contributed by atoms with van der Waals surface area (Å²) in [5, 5.41) is 13.0. The molecule has 0 aliphatic carbocycles. The van der Waals surface area contributed by atoms with Crippen LogP contribution in [0.2, 0.25) is 0 Å². The number of halogens is 1. The SMILES string of the molecule is Cc1cc(NCC(O)COc2ccccc2C)ccc1F. The number of rotatable bonds is 6. The summed E-state index contributed by atoms with van der Waals surface area (Å²) in [6, 6.07) is 12.4. The van der Waals surface area contributed by atoms with Gasteiger partial charge in [-0.05, 0) is 49.2 Å². The van der Waals surface area contributed by atoms with Crippen LogP contribution in [0.3, 0.4) is 0 Å². The fourth-order valence-corrected chi connectivity index (χ4v) is 1.95. The zero-order chi connectivity index (χ0) is 15.2. The second-order valence-electron chi connectivity index (χ2n) is 5.08. The lowest BCUT2D eigenvalue weighted by atomic mass is 10.2. The minimum atomic E-state index is -0.644. The zero-order valence-electron chi connectivity index (χ0n) is 12.3. The van der Waals surface area contributed by atoms with E-state index in [9.17, 15) is 9.50 Å². The van der Waals surface area contributed by atoms with Crippen LogP contribution < -0.4 is 10.1 Å². The number of hydrogen-bond donors (Lipinski definition) is 2. The summed E-state index contributed by atoms with van der Waals surface area (Å²) in [7, 11) is 0. The van der Waals surface area contributed by atoms with Crippen molar-refractivity contribution < 1.29 is 14.2 Å². The van der Waals surface area contributed by atoms with E-state index >= 15 is 0 Å². The number of benzene rings is 2. The van der Waals surface area contributed by atoms with E-state index in [4.69, 9.17) is 4.74 Å². The molecule has 4 heteroatoms. The molecule has 0 saturated heterocycles. The molecule has 2 rings (SSSR count). The van der Waals surface area contributed by atoms with Crippen molar-refractivity contribution in [2.45, 2.75) is 20.0 Å². The Kier molecular flexibility index (Phi) is 5.17. The van der Waals surface area contributed by atoms with Crippen molar-refractivity contribution in [1.82, 2.24) is 0 Å². The lowest BCUT2D eigenvalue weighted by Crippen LogP contribution is -2.26. The van der Waals surface area contributed by atoms with E-state index in [-0.39, 0.29) is 12.4 Å². The van der Waals surface area contributed by atoms with Gasteiger partial charge in [-0.2, -0.15) is 0 Å². The fraction of sp³-hybridized carbons (Fsp3) is 0.294. The molecule has 1 atom stereocenters. The first-order valence-electron chi connectivity index (χ1n) is 6.93. The lowest BCUT2D eigenvalue weighted by Gasteiger charge is -2.15. The summed E-state index contributed by atoms with van der Waals surface area (Å²) < 4.78 is 18.7. The van der Waals surface area contributed by atoms with Crippen molar-refractivity contribution in [2.24, 2.45) is 0 Å². The first-order valence-corrected chi connectivity index (χ1v) is 6.93. The Morgan fingerprint density at radius 3 is 2.62 bits per heavy atom. The highest BCUT2D eigenvalue weighted by atomic mass is 19.1. The predicted octanol–water partition coefficient (Wildman–Crippen LogP) is 3.29. The normalized spacial score (nSPS) is 12.0. The minimum Gasteiger partial charge on any atom is -0.491 e. The van der Waals surface area contributed by atoms with Gasteiger partial charge in [-0.1, -0.05) is 18.2 Å². The van der Waals surface area contributed by atoms with Crippen LogP contribution in [0.5, 0.6) is 5.75 Å². The van der Waals surface area contributed by atoms with Crippen LogP contribution in [0.25, 0.3) is 0 Å². The van der Waals surface area contributed by atoms with E-state index in [0.717, 1.165) is 17.0 Å². The van der Waals surface area contributed by atoms with Gasteiger partial charge >= 0.3 is 0 Å². The van der Waals surface area contributed by atoms with Crippen LogP contribution in [0, 0.1) is 19.7 Å². The maximum Gasteiger partial charge on any atom is 0.126 e. The molecule has 0 aromatic heterocycles. The van der Waals surface area contributed by atoms with Gasteiger partial charge < -0.3 is 15.2 Å². The quantitative estimate of drug-likeness (QED) is 0.857. The summed E-state index contributed by atoms with van der Waals surface area (Å²) >= 11 is 0. The molecule has 0 aliphatic rings. The van der Waals surface area contributed by atoms with Crippen LogP contribution in [0.4, 0.5) is 10.1 Å².